The van der Waals surface area contributed by atoms with Gasteiger partial charge in [0.1, 0.15) is 0 Å². The predicted molar refractivity (Wildman–Crippen MR) is 119 cm³/mol. The van der Waals surface area contributed by atoms with Gasteiger partial charge in [-0.25, -0.2) is 14.6 Å². The molecule has 7 nitrogen and oxygen atoms in total. The van der Waals surface area contributed by atoms with Crippen LogP contribution in [-0.2, 0) is 0 Å². The fraction of sp³-hybridized carbons (Fsp3) is 0.174. The maximum atomic E-state index is 4.71. The molecule has 0 aliphatic carbocycles. The van der Waals surface area contributed by atoms with Crippen molar-refractivity contribution < 1.29 is 0 Å². The van der Waals surface area contributed by atoms with Crippen molar-refractivity contribution in [3.63, 3.8) is 0 Å². The summed E-state index contributed by atoms with van der Waals surface area (Å²) >= 11 is 0. The van der Waals surface area contributed by atoms with Crippen LogP contribution in [0.2, 0.25) is 0 Å². The number of hydrogen-bond acceptors (Lipinski definition) is 6. The Morgan fingerprint density at radius 1 is 0.800 bits per heavy atom. The Hall–Kier alpha value is -3.71. The van der Waals surface area contributed by atoms with E-state index in [1.54, 1.807) is 12.4 Å². The molecular weight excluding hydrogens is 374 g/mol. The molecular formula is C23H23N7. The van der Waals surface area contributed by atoms with Gasteiger partial charge >= 0.3 is 0 Å². The molecule has 2 aromatic heterocycles. The first-order chi connectivity index (χ1) is 14.9. The van der Waals surface area contributed by atoms with E-state index in [-0.39, 0.29) is 0 Å². The molecule has 5 rings (SSSR count). The van der Waals surface area contributed by atoms with Gasteiger partial charge < -0.3 is 15.5 Å². The van der Waals surface area contributed by atoms with E-state index >= 15 is 0 Å². The van der Waals surface area contributed by atoms with Crippen LogP contribution < -0.4 is 15.5 Å². The average molecular weight is 397 g/mol. The van der Waals surface area contributed by atoms with Crippen molar-refractivity contribution in [2.24, 2.45) is 0 Å². The number of nitrogens with zero attached hydrogens (tertiary/aromatic N) is 5. The molecule has 7 heteroatoms. The van der Waals surface area contributed by atoms with Crippen LogP contribution in [0.25, 0.3) is 17.1 Å². The molecule has 3 heterocycles. The predicted octanol–water partition coefficient (Wildman–Crippen LogP) is 3.48. The lowest BCUT2D eigenvalue weighted by Crippen LogP contribution is -2.43. The van der Waals surface area contributed by atoms with E-state index in [0.29, 0.717) is 5.95 Å². The van der Waals surface area contributed by atoms with Gasteiger partial charge in [0.15, 0.2) is 0 Å². The molecule has 2 aromatic carbocycles. The quantitative estimate of drug-likeness (QED) is 0.537. The van der Waals surface area contributed by atoms with Crippen LogP contribution in [0, 0.1) is 0 Å². The second-order valence-corrected chi connectivity index (χ2v) is 7.14. The van der Waals surface area contributed by atoms with E-state index < -0.39 is 0 Å². The number of aromatic nitrogens is 4. The highest BCUT2D eigenvalue weighted by Gasteiger charge is 2.12. The van der Waals surface area contributed by atoms with Crippen LogP contribution >= 0.6 is 0 Å². The lowest BCUT2D eigenvalue weighted by molar-refractivity contribution is 0.589. The molecule has 0 saturated carbocycles. The summed E-state index contributed by atoms with van der Waals surface area (Å²) in [6, 6.07) is 22.3. The van der Waals surface area contributed by atoms with Gasteiger partial charge in [-0.1, -0.05) is 18.2 Å². The van der Waals surface area contributed by atoms with Crippen molar-refractivity contribution in [3.05, 3.63) is 79.1 Å². The van der Waals surface area contributed by atoms with Crippen molar-refractivity contribution in [1.29, 1.82) is 0 Å². The summed E-state index contributed by atoms with van der Waals surface area (Å²) in [7, 11) is 0. The summed E-state index contributed by atoms with van der Waals surface area (Å²) in [5.74, 6) is 0.559. The van der Waals surface area contributed by atoms with Crippen LogP contribution in [0.15, 0.2) is 79.1 Å². The maximum Gasteiger partial charge on any atom is 0.227 e. The lowest BCUT2D eigenvalue weighted by atomic mass is 10.2. The number of benzene rings is 2. The van der Waals surface area contributed by atoms with Gasteiger partial charge in [-0.05, 0) is 48.5 Å². The number of para-hydroxylation sites is 1. The van der Waals surface area contributed by atoms with Gasteiger partial charge in [0.05, 0.1) is 23.3 Å². The van der Waals surface area contributed by atoms with E-state index in [1.807, 2.05) is 47.1 Å². The van der Waals surface area contributed by atoms with Crippen molar-refractivity contribution in [2.75, 3.05) is 36.4 Å². The number of piperazine rings is 1. The monoisotopic (exact) mass is 397 g/mol. The summed E-state index contributed by atoms with van der Waals surface area (Å²) < 4.78 is 1.88. The highest BCUT2D eigenvalue weighted by Crippen LogP contribution is 2.23. The van der Waals surface area contributed by atoms with Crippen LogP contribution in [-0.4, -0.2) is 45.9 Å². The van der Waals surface area contributed by atoms with E-state index in [9.17, 15) is 0 Å². The number of anilines is 3. The topological polar surface area (TPSA) is 70.9 Å². The normalized spacial score (nSPS) is 13.9. The minimum absolute atomic E-state index is 0.559. The highest BCUT2D eigenvalue weighted by atomic mass is 15.3. The summed E-state index contributed by atoms with van der Waals surface area (Å²) in [5.41, 5.74) is 4.92. The van der Waals surface area contributed by atoms with Crippen LogP contribution in [0.4, 0.5) is 17.3 Å². The smallest absolute Gasteiger partial charge is 0.227 e. The Labute approximate surface area is 175 Å². The molecule has 0 radical (unpaired) electrons. The Kier molecular flexibility index (Phi) is 5.10. The molecule has 0 spiro atoms. The Morgan fingerprint density at radius 3 is 2.40 bits per heavy atom. The van der Waals surface area contributed by atoms with Crippen molar-refractivity contribution in [1.82, 2.24) is 25.1 Å². The first-order valence-electron chi connectivity index (χ1n) is 10.1. The SMILES string of the molecule is c1ccc(-n2nccc2-c2ccnc(Nc3ccc(N4CCNCC4)cc3)n2)cc1. The van der Waals surface area contributed by atoms with E-state index in [1.165, 1.54) is 5.69 Å². The second-order valence-electron chi connectivity index (χ2n) is 7.14. The third-order valence-electron chi connectivity index (χ3n) is 5.17. The minimum atomic E-state index is 0.559. The van der Waals surface area contributed by atoms with Crippen molar-refractivity contribution in [3.8, 4) is 17.1 Å². The number of hydrogen-bond donors (Lipinski definition) is 2. The number of rotatable bonds is 5. The molecule has 1 saturated heterocycles. The molecule has 4 aromatic rings. The summed E-state index contributed by atoms with van der Waals surface area (Å²) in [5, 5.41) is 11.2. The molecule has 1 aliphatic heterocycles. The van der Waals surface area contributed by atoms with Crippen molar-refractivity contribution in [2.45, 2.75) is 0 Å². The Balaban J connectivity index is 1.36. The van der Waals surface area contributed by atoms with Gasteiger partial charge in [0, 0.05) is 43.8 Å². The van der Waals surface area contributed by atoms with Gasteiger partial charge in [-0.2, -0.15) is 5.10 Å². The minimum Gasteiger partial charge on any atom is -0.369 e. The molecule has 0 unspecified atom stereocenters. The Morgan fingerprint density at radius 2 is 1.60 bits per heavy atom. The molecule has 1 aliphatic rings. The lowest BCUT2D eigenvalue weighted by Gasteiger charge is -2.29. The standard InChI is InChI=1S/C23H23N7/c1-2-4-20(5-3-1)30-22(11-13-26-30)21-10-12-25-23(28-21)27-18-6-8-19(9-7-18)29-16-14-24-15-17-29/h1-13,24H,14-17H2,(H,25,27,28). The highest BCUT2D eigenvalue weighted by molar-refractivity contribution is 5.62. The van der Waals surface area contributed by atoms with Gasteiger partial charge in [0.2, 0.25) is 5.95 Å². The van der Waals surface area contributed by atoms with E-state index in [2.05, 4.69) is 49.9 Å². The van der Waals surface area contributed by atoms with Crippen LogP contribution in [0.3, 0.4) is 0 Å². The average Bonchev–Trinajstić information content (AvgIpc) is 3.31. The molecule has 0 bridgehead atoms. The van der Waals surface area contributed by atoms with Gasteiger partial charge in [-0.15, -0.1) is 0 Å². The first-order valence-corrected chi connectivity index (χ1v) is 10.1. The summed E-state index contributed by atoms with van der Waals surface area (Å²) in [6.07, 6.45) is 3.55. The van der Waals surface area contributed by atoms with Gasteiger partial charge in [0.25, 0.3) is 0 Å². The van der Waals surface area contributed by atoms with Crippen molar-refractivity contribution >= 4 is 17.3 Å². The molecule has 0 atom stereocenters. The molecule has 30 heavy (non-hydrogen) atoms. The molecule has 0 amide bonds. The summed E-state index contributed by atoms with van der Waals surface area (Å²) in [6.45, 7) is 4.13. The zero-order chi connectivity index (χ0) is 20.2. The number of nitrogens with one attached hydrogen (secondary N) is 2. The van der Waals surface area contributed by atoms with E-state index in [0.717, 1.165) is 48.9 Å². The third-order valence-corrected chi connectivity index (χ3v) is 5.17. The van der Waals surface area contributed by atoms with Gasteiger partial charge in [-0.3, -0.25) is 0 Å². The summed E-state index contributed by atoms with van der Waals surface area (Å²) in [4.78, 5) is 11.5. The Bertz CT molecular complexity index is 1100. The van der Waals surface area contributed by atoms with Crippen LogP contribution in [0.5, 0.6) is 0 Å². The largest absolute Gasteiger partial charge is 0.369 e. The zero-order valence-corrected chi connectivity index (χ0v) is 16.6. The molecule has 1 fully saturated rings. The molecule has 2 N–H and O–H groups in total. The molecule has 150 valence electrons. The second kappa shape index (κ2) is 8.34. The fourth-order valence-electron chi connectivity index (χ4n) is 3.64. The van der Waals surface area contributed by atoms with Crippen LogP contribution in [0.1, 0.15) is 0 Å². The van der Waals surface area contributed by atoms with E-state index in [4.69, 9.17) is 4.98 Å². The zero-order valence-electron chi connectivity index (χ0n) is 16.6. The maximum absolute atomic E-state index is 4.71. The fourth-order valence-corrected chi connectivity index (χ4v) is 3.64. The third kappa shape index (κ3) is 3.88. The first kappa shape index (κ1) is 18.3.